The van der Waals surface area contributed by atoms with E-state index in [0.29, 0.717) is 29.0 Å². The van der Waals surface area contributed by atoms with Crippen molar-refractivity contribution in [2.75, 3.05) is 5.32 Å². The summed E-state index contributed by atoms with van der Waals surface area (Å²) >= 11 is 0. The molecule has 7 atom stereocenters. The third-order valence-corrected chi connectivity index (χ3v) is 9.90. The highest BCUT2D eigenvalue weighted by Gasteiger charge is 2.67. The molecule has 2 bridgehead atoms. The van der Waals surface area contributed by atoms with Gasteiger partial charge >= 0.3 is 0 Å². The molecular weight excluding hydrogens is 548 g/mol. The Morgan fingerprint density at radius 1 is 0.705 bits per heavy atom. The SMILES string of the molecule is O=C(Nc1ccc(Oc2ccc(-c3ccccc3)cc2)cc1)[C@H](Cc1ccccc1)N1C(=O)[C@H]2[C@@H]3C=C[C@H]([C@H]4C[C@H]34)[C@@H]2C1=O. The summed E-state index contributed by atoms with van der Waals surface area (Å²) in [6.45, 7) is 0. The molecule has 44 heavy (non-hydrogen) atoms. The van der Waals surface area contributed by atoms with Crippen LogP contribution in [0.2, 0.25) is 0 Å². The average molecular weight is 581 g/mol. The lowest BCUT2D eigenvalue weighted by Gasteiger charge is -2.37. The Kier molecular flexibility index (Phi) is 6.44. The number of anilines is 1. The first kappa shape index (κ1) is 26.6. The Morgan fingerprint density at radius 3 is 1.82 bits per heavy atom. The van der Waals surface area contributed by atoms with Crippen LogP contribution in [0.1, 0.15) is 12.0 Å². The monoisotopic (exact) mass is 580 g/mol. The lowest BCUT2D eigenvalue weighted by Crippen LogP contribution is -2.49. The van der Waals surface area contributed by atoms with Crippen molar-refractivity contribution in [2.45, 2.75) is 18.9 Å². The van der Waals surface area contributed by atoms with E-state index < -0.39 is 6.04 Å². The van der Waals surface area contributed by atoms with Crippen LogP contribution in [0.3, 0.4) is 0 Å². The van der Waals surface area contributed by atoms with E-state index in [-0.39, 0.29) is 47.8 Å². The summed E-state index contributed by atoms with van der Waals surface area (Å²) < 4.78 is 6.04. The molecule has 1 saturated heterocycles. The van der Waals surface area contributed by atoms with Crippen LogP contribution < -0.4 is 10.1 Å². The molecule has 0 spiro atoms. The molecular formula is C38H32N2O4. The quantitative estimate of drug-likeness (QED) is 0.185. The first-order valence-electron chi connectivity index (χ1n) is 15.4. The summed E-state index contributed by atoms with van der Waals surface area (Å²) in [5.74, 6) is 1.13. The van der Waals surface area contributed by atoms with Crippen LogP contribution in [0.5, 0.6) is 11.5 Å². The number of likely N-dealkylation sites (tertiary alicyclic amines) is 1. The van der Waals surface area contributed by atoms with Crippen LogP contribution in [-0.4, -0.2) is 28.7 Å². The number of carbonyl (C=O) groups excluding carboxylic acids is 3. The molecule has 4 aromatic carbocycles. The second-order valence-electron chi connectivity index (χ2n) is 12.4. The largest absolute Gasteiger partial charge is 0.457 e. The molecule has 1 aliphatic heterocycles. The third-order valence-electron chi connectivity index (χ3n) is 9.90. The van der Waals surface area contributed by atoms with Gasteiger partial charge in [-0.25, -0.2) is 0 Å². The molecule has 9 rings (SSSR count). The zero-order valence-corrected chi connectivity index (χ0v) is 24.1. The average Bonchev–Trinajstić information content (AvgIpc) is 3.85. The van der Waals surface area contributed by atoms with E-state index >= 15 is 0 Å². The Hall–Kier alpha value is -4.97. The summed E-state index contributed by atoms with van der Waals surface area (Å²) in [4.78, 5) is 42.9. The zero-order chi connectivity index (χ0) is 29.8. The Bertz CT molecular complexity index is 1710. The van der Waals surface area contributed by atoms with Gasteiger partial charge in [0.25, 0.3) is 0 Å². The normalized spacial score (nSPS) is 26.6. The Labute approximate surface area is 256 Å². The van der Waals surface area contributed by atoms with E-state index in [2.05, 4.69) is 29.6 Å². The van der Waals surface area contributed by atoms with E-state index in [4.69, 9.17) is 4.74 Å². The van der Waals surface area contributed by atoms with Gasteiger partial charge in [-0.05, 0) is 83.2 Å². The summed E-state index contributed by atoms with van der Waals surface area (Å²) in [6.07, 6.45) is 5.67. The number of hydrogen-bond acceptors (Lipinski definition) is 4. The molecule has 4 aromatic rings. The summed E-state index contributed by atoms with van der Waals surface area (Å²) in [6, 6.07) is 33.8. The number of amides is 3. The number of imide groups is 1. The molecule has 0 radical (unpaired) electrons. The van der Waals surface area contributed by atoms with Gasteiger partial charge in [0.1, 0.15) is 17.5 Å². The molecule has 1 N–H and O–H groups in total. The second kappa shape index (κ2) is 10.6. The molecule has 0 aromatic heterocycles. The maximum atomic E-state index is 13.9. The van der Waals surface area contributed by atoms with Crippen molar-refractivity contribution < 1.29 is 19.1 Å². The lowest BCUT2D eigenvalue weighted by molar-refractivity contribution is -0.146. The fourth-order valence-corrected chi connectivity index (χ4v) is 7.74. The smallest absolute Gasteiger partial charge is 0.248 e. The first-order chi connectivity index (χ1) is 21.5. The minimum absolute atomic E-state index is 0.110. The van der Waals surface area contributed by atoms with Crippen molar-refractivity contribution in [3.63, 3.8) is 0 Å². The van der Waals surface area contributed by atoms with E-state index in [1.807, 2.05) is 72.8 Å². The van der Waals surface area contributed by atoms with Crippen LogP contribution >= 0.6 is 0 Å². The fraction of sp³-hybridized carbons (Fsp3) is 0.237. The summed E-state index contributed by atoms with van der Waals surface area (Å²) in [7, 11) is 0. The number of rotatable bonds is 8. The Balaban J connectivity index is 0.991. The van der Waals surface area contributed by atoms with Gasteiger partial charge < -0.3 is 10.1 Å². The number of nitrogens with zero attached hydrogens (tertiary/aromatic N) is 1. The van der Waals surface area contributed by atoms with E-state index in [1.54, 1.807) is 24.3 Å². The number of nitrogens with one attached hydrogen (secondary N) is 1. The maximum absolute atomic E-state index is 13.9. The highest BCUT2D eigenvalue weighted by atomic mass is 16.5. The van der Waals surface area contributed by atoms with Crippen LogP contribution in [-0.2, 0) is 20.8 Å². The van der Waals surface area contributed by atoms with Gasteiger partial charge in [-0.2, -0.15) is 0 Å². The molecule has 6 nitrogen and oxygen atoms in total. The molecule has 0 unspecified atom stereocenters. The molecule has 218 valence electrons. The number of allylic oxidation sites excluding steroid dienone is 2. The van der Waals surface area contributed by atoms with E-state index in [1.165, 1.54) is 4.90 Å². The predicted octanol–water partition coefficient (Wildman–Crippen LogP) is 6.75. The minimum atomic E-state index is -0.933. The van der Waals surface area contributed by atoms with Gasteiger partial charge in [-0.1, -0.05) is 84.9 Å². The summed E-state index contributed by atoms with van der Waals surface area (Å²) in [5.41, 5.74) is 3.71. The van der Waals surface area contributed by atoms with Gasteiger partial charge in [-0.3, -0.25) is 19.3 Å². The van der Waals surface area contributed by atoms with Crippen LogP contribution in [0.4, 0.5) is 5.69 Å². The van der Waals surface area contributed by atoms with Gasteiger partial charge in [-0.15, -0.1) is 0 Å². The second-order valence-corrected chi connectivity index (χ2v) is 12.4. The zero-order valence-electron chi connectivity index (χ0n) is 24.1. The van der Waals surface area contributed by atoms with E-state index in [9.17, 15) is 14.4 Å². The molecule has 5 aliphatic rings. The van der Waals surface area contributed by atoms with Crippen molar-refractivity contribution >= 4 is 23.4 Å². The van der Waals surface area contributed by atoms with Crippen molar-refractivity contribution in [1.29, 1.82) is 0 Å². The number of ether oxygens (including phenoxy) is 1. The van der Waals surface area contributed by atoms with Gasteiger partial charge in [0, 0.05) is 12.1 Å². The predicted molar refractivity (Wildman–Crippen MR) is 168 cm³/mol. The highest BCUT2D eigenvalue weighted by Crippen LogP contribution is 2.65. The number of carbonyl (C=O) groups is 3. The fourth-order valence-electron chi connectivity index (χ4n) is 7.74. The standard InChI is InChI=1S/C38H32N2O4/c41-36(39-26-13-17-28(18-14-26)44-27-15-11-25(12-16-27)24-9-5-2-6-10-24)33(21-23-7-3-1-4-8-23)40-37(42)34-29-19-20-30(32-22-31(29)32)35(34)38(40)43/h1-20,29-35H,21-22H2,(H,39,41)/t29-,30-,31-,32-,33+,34+,35+/m1/s1. The van der Waals surface area contributed by atoms with Crippen LogP contribution in [0.15, 0.2) is 121 Å². The number of benzene rings is 4. The molecule has 3 fully saturated rings. The Morgan fingerprint density at radius 2 is 1.23 bits per heavy atom. The molecule has 6 heteroatoms. The topological polar surface area (TPSA) is 75.7 Å². The lowest BCUT2D eigenvalue weighted by atomic mass is 9.63. The maximum Gasteiger partial charge on any atom is 0.248 e. The van der Waals surface area contributed by atoms with Gasteiger partial charge in [0.15, 0.2) is 0 Å². The number of hydrogen-bond donors (Lipinski definition) is 1. The van der Waals surface area contributed by atoms with Gasteiger partial charge in [0.2, 0.25) is 17.7 Å². The molecule has 3 amide bonds. The minimum Gasteiger partial charge on any atom is -0.457 e. The molecule has 1 heterocycles. The third kappa shape index (κ3) is 4.62. The molecule has 2 saturated carbocycles. The first-order valence-corrected chi connectivity index (χ1v) is 15.4. The van der Waals surface area contributed by atoms with E-state index in [0.717, 1.165) is 23.1 Å². The van der Waals surface area contributed by atoms with Crippen LogP contribution in [0.25, 0.3) is 11.1 Å². The van der Waals surface area contributed by atoms with Crippen LogP contribution in [0, 0.1) is 35.5 Å². The summed E-state index contributed by atoms with van der Waals surface area (Å²) in [5, 5.41) is 2.98. The van der Waals surface area contributed by atoms with Crippen molar-refractivity contribution in [3.8, 4) is 22.6 Å². The highest BCUT2D eigenvalue weighted by molar-refractivity contribution is 6.10. The van der Waals surface area contributed by atoms with Crippen molar-refractivity contribution in [3.05, 3.63) is 127 Å². The van der Waals surface area contributed by atoms with Gasteiger partial charge in [0.05, 0.1) is 11.8 Å². The van der Waals surface area contributed by atoms with Crippen molar-refractivity contribution in [2.24, 2.45) is 35.5 Å². The van der Waals surface area contributed by atoms with Crippen molar-refractivity contribution in [1.82, 2.24) is 4.90 Å². The molecule has 4 aliphatic carbocycles.